The summed E-state index contributed by atoms with van der Waals surface area (Å²) in [7, 11) is 0. The third-order valence-corrected chi connectivity index (χ3v) is 4.06. The van der Waals surface area contributed by atoms with Gasteiger partial charge in [-0.3, -0.25) is 9.69 Å². The molecule has 4 heteroatoms. The van der Waals surface area contributed by atoms with Crippen molar-refractivity contribution in [2.75, 3.05) is 13.1 Å². The minimum Gasteiger partial charge on any atom is -0.300 e. The van der Waals surface area contributed by atoms with Crippen LogP contribution in [0.4, 0.5) is 8.78 Å². The van der Waals surface area contributed by atoms with Crippen LogP contribution in [0.1, 0.15) is 42.5 Å². The molecule has 0 bridgehead atoms. The Balaban J connectivity index is 1.57. The zero-order valence-electron chi connectivity index (χ0n) is 11.4. The van der Waals surface area contributed by atoms with Crippen LogP contribution in [0.5, 0.6) is 0 Å². The Morgan fingerprint density at radius 2 is 1.75 bits per heavy atom. The second-order valence-corrected chi connectivity index (χ2v) is 6.00. The number of hydrogen-bond acceptors (Lipinski definition) is 2. The Morgan fingerprint density at radius 1 is 1.10 bits per heavy atom. The first-order chi connectivity index (χ1) is 9.61. The van der Waals surface area contributed by atoms with Crippen LogP contribution >= 0.6 is 0 Å². The number of halogens is 2. The van der Waals surface area contributed by atoms with Crippen LogP contribution < -0.4 is 0 Å². The molecule has 2 saturated carbocycles. The van der Waals surface area contributed by atoms with Gasteiger partial charge in [-0.2, -0.15) is 0 Å². The molecule has 0 radical (unpaired) electrons. The Labute approximate surface area is 117 Å². The van der Waals surface area contributed by atoms with Gasteiger partial charge in [0.15, 0.2) is 5.78 Å². The summed E-state index contributed by atoms with van der Waals surface area (Å²) in [5.41, 5.74) is 0.143. The second kappa shape index (κ2) is 5.60. The van der Waals surface area contributed by atoms with Crippen molar-refractivity contribution >= 4 is 5.78 Å². The molecule has 20 heavy (non-hydrogen) atoms. The fraction of sp³-hybridized carbons (Fsp3) is 0.562. The normalized spacial score (nSPS) is 18.6. The average Bonchev–Trinajstić information content (AvgIpc) is 3.25. The van der Waals surface area contributed by atoms with Crippen molar-refractivity contribution in [3.63, 3.8) is 0 Å². The molecular formula is C16H19F2NO. The standard InChI is InChI=1S/C16H19F2NO/c17-13-7-12(8-14(18)9-13)16(20)5-6-19(15-3-4-15)10-11-1-2-11/h7-9,11,15H,1-6,10H2. The van der Waals surface area contributed by atoms with Crippen molar-refractivity contribution in [1.82, 2.24) is 4.90 Å². The number of carbonyl (C=O) groups excluding carboxylic acids is 1. The van der Waals surface area contributed by atoms with Crippen LogP contribution in [0.2, 0.25) is 0 Å². The van der Waals surface area contributed by atoms with Gasteiger partial charge in [0.05, 0.1) is 0 Å². The summed E-state index contributed by atoms with van der Waals surface area (Å²) in [4.78, 5) is 14.4. The van der Waals surface area contributed by atoms with Crippen molar-refractivity contribution in [3.05, 3.63) is 35.4 Å². The van der Waals surface area contributed by atoms with E-state index in [2.05, 4.69) is 4.90 Å². The van der Waals surface area contributed by atoms with Crippen LogP contribution in [0, 0.1) is 17.6 Å². The zero-order chi connectivity index (χ0) is 14.1. The molecule has 0 atom stereocenters. The molecule has 0 N–H and O–H groups in total. The minimum absolute atomic E-state index is 0.143. The summed E-state index contributed by atoms with van der Waals surface area (Å²) in [5.74, 6) is -0.752. The molecule has 2 fully saturated rings. The molecule has 0 saturated heterocycles. The smallest absolute Gasteiger partial charge is 0.164 e. The number of ketones is 1. The van der Waals surface area contributed by atoms with Gasteiger partial charge in [0.25, 0.3) is 0 Å². The average molecular weight is 279 g/mol. The van der Waals surface area contributed by atoms with Crippen LogP contribution in [0.3, 0.4) is 0 Å². The highest BCUT2D eigenvalue weighted by atomic mass is 19.1. The van der Waals surface area contributed by atoms with Gasteiger partial charge in [-0.1, -0.05) is 0 Å². The molecule has 0 aromatic heterocycles. The highest BCUT2D eigenvalue weighted by molar-refractivity contribution is 5.96. The van der Waals surface area contributed by atoms with Gasteiger partial charge in [0, 0.05) is 37.2 Å². The summed E-state index contributed by atoms with van der Waals surface area (Å²) in [6.45, 7) is 1.79. The fourth-order valence-corrected chi connectivity index (χ4v) is 2.60. The van der Waals surface area contributed by atoms with E-state index in [0.717, 1.165) is 30.7 Å². The lowest BCUT2D eigenvalue weighted by molar-refractivity contribution is 0.0960. The van der Waals surface area contributed by atoms with Gasteiger partial charge in [-0.05, 0) is 43.7 Å². The Morgan fingerprint density at radius 3 is 2.30 bits per heavy atom. The molecule has 0 aliphatic heterocycles. The SMILES string of the molecule is O=C(CCN(CC1CC1)C1CC1)c1cc(F)cc(F)c1. The van der Waals surface area contributed by atoms with Crippen LogP contribution in [0.25, 0.3) is 0 Å². The second-order valence-electron chi connectivity index (χ2n) is 6.00. The maximum atomic E-state index is 13.1. The van der Waals surface area contributed by atoms with E-state index in [9.17, 15) is 13.6 Å². The van der Waals surface area contributed by atoms with Crippen molar-refractivity contribution < 1.29 is 13.6 Å². The molecule has 1 aromatic carbocycles. The third kappa shape index (κ3) is 3.63. The van der Waals surface area contributed by atoms with Gasteiger partial charge >= 0.3 is 0 Å². The number of rotatable bonds is 7. The largest absolute Gasteiger partial charge is 0.300 e. The van der Waals surface area contributed by atoms with Gasteiger partial charge in [-0.25, -0.2) is 8.78 Å². The van der Waals surface area contributed by atoms with Crippen molar-refractivity contribution in [2.24, 2.45) is 5.92 Å². The summed E-state index contributed by atoms with van der Waals surface area (Å²) in [5, 5.41) is 0. The molecule has 2 nitrogen and oxygen atoms in total. The summed E-state index contributed by atoms with van der Waals surface area (Å²) >= 11 is 0. The van der Waals surface area contributed by atoms with E-state index in [0.29, 0.717) is 19.0 Å². The van der Waals surface area contributed by atoms with E-state index >= 15 is 0 Å². The van der Waals surface area contributed by atoms with Crippen molar-refractivity contribution in [3.8, 4) is 0 Å². The van der Waals surface area contributed by atoms with Crippen molar-refractivity contribution in [1.29, 1.82) is 0 Å². The molecule has 0 heterocycles. The topological polar surface area (TPSA) is 20.3 Å². The molecule has 108 valence electrons. The summed E-state index contributed by atoms with van der Waals surface area (Å²) in [6.07, 6.45) is 5.37. The van der Waals surface area contributed by atoms with Gasteiger partial charge in [0.2, 0.25) is 0 Å². The number of Topliss-reactive ketones (excluding diaryl/α,β-unsaturated/α-hetero) is 1. The fourth-order valence-electron chi connectivity index (χ4n) is 2.60. The minimum atomic E-state index is -0.689. The van der Waals surface area contributed by atoms with E-state index in [4.69, 9.17) is 0 Å². The first kappa shape index (κ1) is 13.7. The Kier molecular flexibility index (Phi) is 3.83. The lowest BCUT2D eigenvalue weighted by atomic mass is 10.1. The maximum absolute atomic E-state index is 13.1. The summed E-state index contributed by atoms with van der Waals surface area (Å²) < 4.78 is 26.2. The number of benzene rings is 1. The first-order valence-corrected chi connectivity index (χ1v) is 7.35. The molecule has 2 aliphatic rings. The van der Waals surface area contributed by atoms with Crippen molar-refractivity contribution in [2.45, 2.75) is 38.1 Å². The molecule has 3 rings (SSSR count). The molecule has 1 aromatic rings. The predicted molar refractivity (Wildman–Crippen MR) is 72.6 cm³/mol. The number of nitrogens with zero attached hydrogens (tertiary/aromatic N) is 1. The van der Waals surface area contributed by atoms with E-state index in [1.807, 2.05) is 0 Å². The van der Waals surface area contributed by atoms with Gasteiger partial charge in [0.1, 0.15) is 11.6 Å². The highest BCUT2D eigenvalue weighted by Gasteiger charge is 2.33. The highest BCUT2D eigenvalue weighted by Crippen LogP contribution is 2.34. The molecule has 2 aliphatic carbocycles. The number of hydrogen-bond donors (Lipinski definition) is 0. The lowest BCUT2D eigenvalue weighted by Crippen LogP contribution is -2.30. The van der Waals surface area contributed by atoms with Crippen LogP contribution in [-0.2, 0) is 0 Å². The Hall–Kier alpha value is -1.29. The lowest BCUT2D eigenvalue weighted by Gasteiger charge is -2.21. The molecule has 0 unspecified atom stereocenters. The molecule has 0 amide bonds. The molecular weight excluding hydrogens is 260 g/mol. The predicted octanol–water partition coefficient (Wildman–Crippen LogP) is 3.41. The summed E-state index contributed by atoms with van der Waals surface area (Å²) in [6, 6.07) is 3.66. The van der Waals surface area contributed by atoms with Crippen LogP contribution in [0.15, 0.2) is 18.2 Å². The van der Waals surface area contributed by atoms with Gasteiger partial charge in [-0.15, -0.1) is 0 Å². The van der Waals surface area contributed by atoms with E-state index in [-0.39, 0.29) is 11.3 Å². The first-order valence-electron chi connectivity index (χ1n) is 7.35. The molecule has 0 spiro atoms. The number of carbonyl (C=O) groups is 1. The Bertz CT molecular complexity index is 489. The monoisotopic (exact) mass is 279 g/mol. The zero-order valence-corrected chi connectivity index (χ0v) is 11.4. The quantitative estimate of drug-likeness (QED) is 0.713. The maximum Gasteiger partial charge on any atom is 0.164 e. The van der Waals surface area contributed by atoms with Crippen LogP contribution in [-0.4, -0.2) is 29.8 Å². The third-order valence-electron chi connectivity index (χ3n) is 4.06. The van der Waals surface area contributed by atoms with E-state index in [1.165, 1.54) is 25.7 Å². The van der Waals surface area contributed by atoms with E-state index < -0.39 is 11.6 Å². The van der Waals surface area contributed by atoms with Gasteiger partial charge < -0.3 is 0 Å². The van der Waals surface area contributed by atoms with E-state index in [1.54, 1.807) is 0 Å².